The summed E-state index contributed by atoms with van der Waals surface area (Å²) in [7, 11) is 1.69. The second kappa shape index (κ2) is 6.00. The van der Waals surface area contributed by atoms with E-state index in [2.05, 4.69) is 44.6 Å². The van der Waals surface area contributed by atoms with Crippen LogP contribution in [0.15, 0.2) is 10.8 Å². The standard InChI is InChI=1S/C10H17BrN4O/c1-4-15(7(2)5-16-3)10-8(11)9(12)13-6-14-10/h6-7H,4-5H2,1-3H3,(H2,12,13,14). The van der Waals surface area contributed by atoms with Crippen LogP contribution in [-0.4, -0.2) is 36.3 Å². The van der Waals surface area contributed by atoms with Gasteiger partial charge in [-0.15, -0.1) is 0 Å². The van der Waals surface area contributed by atoms with E-state index < -0.39 is 0 Å². The molecule has 0 aromatic carbocycles. The van der Waals surface area contributed by atoms with Crippen molar-refractivity contribution in [2.45, 2.75) is 19.9 Å². The summed E-state index contributed by atoms with van der Waals surface area (Å²) in [6.45, 7) is 5.62. The van der Waals surface area contributed by atoms with Gasteiger partial charge in [0.05, 0.1) is 12.6 Å². The molecule has 0 radical (unpaired) electrons. The molecule has 0 fully saturated rings. The molecule has 1 heterocycles. The highest BCUT2D eigenvalue weighted by molar-refractivity contribution is 9.10. The normalized spacial score (nSPS) is 12.5. The summed E-state index contributed by atoms with van der Waals surface area (Å²) >= 11 is 3.41. The van der Waals surface area contributed by atoms with Crippen LogP contribution in [0.5, 0.6) is 0 Å². The van der Waals surface area contributed by atoms with Crippen molar-refractivity contribution in [1.29, 1.82) is 0 Å². The molecular weight excluding hydrogens is 272 g/mol. The molecule has 1 rings (SSSR count). The van der Waals surface area contributed by atoms with E-state index in [1.54, 1.807) is 7.11 Å². The second-order valence-electron chi connectivity index (χ2n) is 3.49. The molecule has 1 aromatic rings. The summed E-state index contributed by atoms with van der Waals surface area (Å²) in [5, 5.41) is 0. The first kappa shape index (κ1) is 13.2. The Morgan fingerprint density at radius 3 is 2.81 bits per heavy atom. The maximum Gasteiger partial charge on any atom is 0.148 e. The topological polar surface area (TPSA) is 64.3 Å². The van der Waals surface area contributed by atoms with Gasteiger partial charge in [0, 0.05) is 13.7 Å². The van der Waals surface area contributed by atoms with Gasteiger partial charge in [-0.2, -0.15) is 0 Å². The lowest BCUT2D eigenvalue weighted by Crippen LogP contribution is -2.37. The average molecular weight is 289 g/mol. The number of nitrogen functional groups attached to an aromatic ring is 1. The summed E-state index contributed by atoms with van der Waals surface area (Å²) in [4.78, 5) is 10.3. The fraction of sp³-hybridized carbons (Fsp3) is 0.600. The van der Waals surface area contributed by atoms with Gasteiger partial charge in [-0.1, -0.05) is 0 Å². The van der Waals surface area contributed by atoms with E-state index in [1.807, 2.05) is 0 Å². The molecule has 1 unspecified atom stereocenters. The van der Waals surface area contributed by atoms with Crippen LogP contribution in [0.2, 0.25) is 0 Å². The fourth-order valence-electron chi connectivity index (χ4n) is 1.58. The van der Waals surface area contributed by atoms with E-state index in [0.29, 0.717) is 12.4 Å². The Kier molecular flexibility index (Phi) is 4.95. The molecule has 1 atom stereocenters. The molecule has 90 valence electrons. The lowest BCUT2D eigenvalue weighted by atomic mass is 10.3. The van der Waals surface area contributed by atoms with Crippen LogP contribution in [0.4, 0.5) is 11.6 Å². The third kappa shape index (κ3) is 2.82. The smallest absolute Gasteiger partial charge is 0.148 e. The van der Waals surface area contributed by atoms with Crippen LogP contribution in [0, 0.1) is 0 Å². The van der Waals surface area contributed by atoms with Crippen LogP contribution >= 0.6 is 15.9 Å². The van der Waals surface area contributed by atoms with Gasteiger partial charge in [-0.05, 0) is 29.8 Å². The molecule has 0 saturated carbocycles. The number of rotatable bonds is 5. The molecule has 0 bridgehead atoms. The molecule has 0 aliphatic heterocycles. The maximum absolute atomic E-state index is 5.73. The Morgan fingerprint density at radius 1 is 1.56 bits per heavy atom. The third-order valence-electron chi connectivity index (χ3n) is 2.35. The monoisotopic (exact) mass is 288 g/mol. The van der Waals surface area contributed by atoms with E-state index in [4.69, 9.17) is 10.5 Å². The fourth-order valence-corrected chi connectivity index (χ4v) is 2.01. The summed E-state index contributed by atoms with van der Waals surface area (Å²) < 4.78 is 5.88. The van der Waals surface area contributed by atoms with Crippen molar-refractivity contribution in [3.8, 4) is 0 Å². The first-order valence-electron chi connectivity index (χ1n) is 5.13. The van der Waals surface area contributed by atoms with Crippen LogP contribution in [0.1, 0.15) is 13.8 Å². The van der Waals surface area contributed by atoms with Crippen molar-refractivity contribution >= 4 is 27.6 Å². The largest absolute Gasteiger partial charge is 0.383 e. The molecule has 2 N–H and O–H groups in total. The summed E-state index contributed by atoms with van der Waals surface area (Å²) in [6.07, 6.45) is 1.47. The first-order valence-corrected chi connectivity index (χ1v) is 5.92. The molecule has 1 aromatic heterocycles. The number of ether oxygens (including phenoxy) is 1. The van der Waals surface area contributed by atoms with Crippen LogP contribution in [0.3, 0.4) is 0 Å². The molecule has 0 aliphatic rings. The molecule has 0 saturated heterocycles. The lowest BCUT2D eigenvalue weighted by Gasteiger charge is -2.29. The number of likely N-dealkylation sites (N-methyl/N-ethyl adjacent to an activating group) is 1. The first-order chi connectivity index (χ1) is 7.61. The number of nitrogens with zero attached hydrogens (tertiary/aromatic N) is 3. The highest BCUT2D eigenvalue weighted by Crippen LogP contribution is 2.28. The Bertz CT molecular complexity index is 348. The minimum Gasteiger partial charge on any atom is -0.383 e. The highest BCUT2D eigenvalue weighted by Gasteiger charge is 2.18. The van der Waals surface area contributed by atoms with E-state index in [9.17, 15) is 0 Å². The summed E-state index contributed by atoms with van der Waals surface area (Å²) in [6, 6.07) is 0.237. The molecule has 16 heavy (non-hydrogen) atoms. The zero-order valence-corrected chi connectivity index (χ0v) is 11.4. The van der Waals surface area contributed by atoms with E-state index in [1.165, 1.54) is 6.33 Å². The molecule has 0 spiro atoms. The summed E-state index contributed by atoms with van der Waals surface area (Å²) in [5.41, 5.74) is 5.73. The second-order valence-corrected chi connectivity index (χ2v) is 4.28. The van der Waals surface area contributed by atoms with Gasteiger partial charge in [-0.3, -0.25) is 0 Å². The maximum atomic E-state index is 5.73. The van der Waals surface area contributed by atoms with Crippen LogP contribution < -0.4 is 10.6 Å². The van der Waals surface area contributed by atoms with E-state index in [0.717, 1.165) is 16.8 Å². The average Bonchev–Trinajstić information content (AvgIpc) is 2.25. The molecular formula is C10H17BrN4O. The Balaban J connectivity index is 2.99. The minimum absolute atomic E-state index is 0.237. The molecule has 6 heteroatoms. The SMILES string of the molecule is CCN(c1ncnc(N)c1Br)C(C)COC. The number of halogens is 1. The lowest BCUT2D eigenvalue weighted by molar-refractivity contribution is 0.181. The predicted molar refractivity (Wildman–Crippen MR) is 68.5 cm³/mol. The van der Waals surface area contributed by atoms with Gasteiger partial charge in [0.25, 0.3) is 0 Å². The molecule has 5 nitrogen and oxygen atoms in total. The van der Waals surface area contributed by atoms with Gasteiger partial charge in [-0.25, -0.2) is 9.97 Å². The number of hydrogen-bond donors (Lipinski definition) is 1. The van der Waals surface area contributed by atoms with Crippen molar-refractivity contribution < 1.29 is 4.74 Å². The van der Waals surface area contributed by atoms with Gasteiger partial charge in [0.2, 0.25) is 0 Å². The Labute approximate surface area is 104 Å². The van der Waals surface area contributed by atoms with Crippen molar-refractivity contribution in [2.75, 3.05) is 30.9 Å². The number of methoxy groups -OCH3 is 1. The third-order valence-corrected chi connectivity index (χ3v) is 3.11. The van der Waals surface area contributed by atoms with Gasteiger partial charge in [0.1, 0.15) is 22.4 Å². The molecule has 0 amide bonds. The number of hydrogen-bond acceptors (Lipinski definition) is 5. The van der Waals surface area contributed by atoms with E-state index >= 15 is 0 Å². The quantitative estimate of drug-likeness (QED) is 0.893. The van der Waals surface area contributed by atoms with Crippen molar-refractivity contribution in [3.05, 3.63) is 10.8 Å². The van der Waals surface area contributed by atoms with Gasteiger partial charge in [0.15, 0.2) is 0 Å². The Morgan fingerprint density at radius 2 is 2.25 bits per heavy atom. The molecule has 0 aliphatic carbocycles. The number of aromatic nitrogens is 2. The minimum atomic E-state index is 0.237. The van der Waals surface area contributed by atoms with Gasteiger partial charge < -0.3 is 15.4 Å². The zero-order chi connectivity index (χ0) is 12.1. The van der Waals surface area contributed by atoms with Gasteiger partial charge >= 0.3 is 0 Å². The van der Waals surface area contributed by atoms with Crippen LogP contribution in [-0.2, 0) is 4.74 Å². The van der Waals surface area contributed by atoms with Crippen molar-refractivity contribution in [3.63, 3.8) is 0 Å². The summed E-state index contributed by atoms with van der Waals surface area (Å²) in [5.74, 6) is 1.26. The van der Waals surface area contributed by atoms with Crippen molar-refractivity contribution in [1.82, 2.24) is 9.97 Å². The van der Waals surface area contributed by atoms with Crippen LogP contribution in [0.25, 0.3) is 0 Å². The number of anilines is 2. The highest BCUT2D eigenvalue weighted by atomic mass is 79.9. The predicted octanol–water partition coefficient (Wildman–Crippen LogP) is 1.68. The van der Waals surface area contributed by atoms with Crippen molar-refractivity contribution in [2.24, 2.45) is 0 Å². The van der Waals surface area contributed by atoms with E-state index in [-0.39, 0.29) is 6.04 Å². The number of nitrogens with two attached hydrogens (primary N) is 1. The Hall–Kier alpha value is -0.880. The zero-order valence-electron chi connectivity index (χ0n) is 9.77.